The van der Waals surface area contributed by atoms with E-state index in [4.69, 9.17) is 16.1 Å². The van der Waals surface area contributed by atoms with Gasteiger partial charge in [-0.05, 0) is 48.5 Å². The smallest absolute Gasteiger partial charge is 0.227 e. The molecule has 0 aliphatic rings. The number of carbonyl (C=O) groups excluding carboxylic acids is 1. The van der Waals surface area contributed by atoms with Crippen molar-refractivity contribution in [2.24, 2.45) is 0 Å². The van der Waals surface area contributed by atoms with Gasteiger partial charge in [-0.15, -0.1) is 11.3 Å². The number of hydrogen-bond donors (Lipinski definition) is 1. The number of aryl methyl sites for hydroxylation is 1. The average molecular weight is 429 g/mol. The lowest BCUT2D eigenvalue weighted by molar-refractivity contribution is -0.116. The van der Waals surface area contributed by atoms with Crippen molar-refractivity contribution in [1.29, 1.82) is 0 Å². The van der Waals surface area contributed by atoms with Crippen LogP contribution in [0.2, 0.25) is 5.02 Å². The fraction of sp³-hybridized carbons (Fsp3) is 0.100. The topological polar surface area (TPSA) is 80.9 Å². The quantitative estimate of drug-likeness (QED) is 0.455. The molecule has 2 aromatic heterocycles. The summed E-state index contributed by atoms with van der Waals surface area (Å²) >= 11 is 7.17. The third kappa shape index (κ3) is 4.85. The zero-order chi connectivity index (χ0) is 20.2. The second-order valence-electron chi connectivity index (χ2n) is 6.11. The highest BCUT2D eigenvalue weighted by Gasteiger charge is 2.12. The number of aromatic nitrogens is 3. The number of thiazole rings is 1. The van der Waals surface area contributed by atoms with E-state index in [1.165, 1.54) is 23.5 Å². The fourth-order valence-corrected chi connectivity index (χ4v) is 3.42. The van der Waals surface area contributed by atoms with E-state index < -0.39 is 0 Å². The van der Waals surface area contributed by atoms with Crippen molar-refractivity contribution in [3.63, 3.8) is 0 Å². The molecular formula is C20H14ClFN4O2S. The van der Waals surface area contributed by atoms with Gasteiger partial charge in [0.2, 0.25) is 17.6 Å². The highest BCUT2D eigenvalue weighted by Crippen LogP contribution is 2.25. The Labute approximate surface area is 174 Å². The number of benzene rings is 2. The first kappa shape index (κ1) is 19.2. The third-order valence-corrected chi connectivity index (χ3v) is 5.04. The molecule has 4 rings (SSSR count). The van der Waals surface area contributed by atoms with E-state index in [0.717, 1.165) is 11.1 Å². The molecule has 0 saturated carbocycles. The molecule has 2 heterocycles. The lowest BCUT2D eigenvalue weighted by atomic mass is 10.2. The Kier molecular flexibility index (Phi) is 5.64. The number of anilines is 1. The van der Waals surface area contributed by atoms with Gasteiger partial charge in [-0.25, -0.2) is 9.37 Å². The Morgan fingerprint density at radius 2 is 1.79 bits per heavy atom. The van der Waals surface area contributed by atoms with Crippen LogP contribution in [0.15, 0.2) is 58.4 Å². The molecule has 2 aromatic carbocycles. The number of halogens is 2. The Balaban J connectivity index is 1.33. The summed E-state index contributed by atoms with van der Waals surface area (Å²) < 4.78 is 18.2. The zero-order valence-electron chi connectivity index (χ0n) is 14.9. The molecule has 0 radical (unpaired) electrons. The van der Waals surface area contributed by atoms with Gasteiger partial charge in [-0.2, -0.15) is 4.98 Å². The molecule has 9 heteroatoms. The monoisotopic (exact) mass is 428 g/mol. The second kappa shape index (κ2) is 8.50. The minimum Gasteiger partial charge on any atom is -0.339 e. The van der Waals surface area contributed by atoms with Crippen LogP contribution in [0.5, 0.6) is 0 Å². The first-order valence-electron chi connectivity index (χ1n) is 8.67. The van der Waals surface area contributed by atoms with Crippen molar-refractivity contribution in [2.45, 2.75) is 12.8 Å². The average Bonchev–Trinajstić information content (AvgIpc) is 3.37. The summed E-state index contributed by atoms with van der Waals surface area (Å²) in [5, 5.41) is 9.57. The summed E-state index contributed by atoms with van der Waals surface area (Å²) in [6.45, 7) is 0. The van der Waals surface area contributed by atoms with E-state index in [2.05, 4.69) is 20.4 Å². The van der Waals surface area contributed by atoms with Crippen LogP contribution in [-0.2, 0) is 11.2 Å². The largest absolute Gasteiger partial charge is 0.339 e. The molecule has 146 valence electrons. The maximum atomic E-state index is 13.0. The molecule has 6 nitrogen and oxygen atoms in total. The number of nitrogens with zero attached hydrogens (tertiary/aromatic N) is 3. The minimum atomic E-state index is -0.308. The summed E-state index contributed by atoms with van der Waals surface area (Å²) in [6, 6.07) is 13.1. The van der Waals surface area contributed by atoms with Gasteiger partial charge in [0.15, 0.2) is 5.13 Å². The van der Waals surface area contributed by atoms with Crippen LogP contribution in [-0.4, -0.2) is 21.0 Å². The SMILES string of the molecule is O=C(CCc1nc(-c2ccc(Cl)cc2)no1)Nc1nc(-c2ccc(F)cc2)cs1. The van der Waals surface area contributed by atoms with Gasteiger partial charge in [0, 0.05) is 34.4 Å². The predicted octanol–water partition coefficient (Wildman–Crippen LogP) is 5.22. The molecule has 4 aromatic rings. The second-order valence-corrected chi connectivity index (χ2v) is 7.41. The minimum absolute atomic E-state index is 0.174. The molecule has 1 amide bonds. The number of rotatable bonds is 6. The first-order chi connectivity index (χ1) is 14.1. The van der Waals surface area contributed by atoms with Gasteiger partial charge < -0.3 is 9.84 Å². The molecule has 0 aliphatic carbocycles. The molecule has 0 fully saturated rings. The summed E-state index contributed by atoms with van der Waals surface area (Å²) in [5.74, 6) is 0.297. The van der Waals surface area contributed by atoms with Crippen molar-refractivity contribution < 1.29 is 13.7 Å². The van der Waals surface area contributed by atoms with E-state index in [9.17, 15) is 9.18 Å². The van der Waals surface area contributed by atoms with Crippen LogP contribution in [0.3, 0.4) is 0 Å². The van der Waals surface area contributed by atoms with E-state index in [1.54, 1.807) is 41.8 Å². The van der Waals surface area contributed by atoms with Crippen molar-refractivity contribution in [3.05, 3.63) is 70.6 Å². The Hall–Kier alpha value is -3.10. The maximum absolute atomic E-state index is 13.0. The van der Waals surface area contributed by atoms with Crippen LogP contribution >= 0.6 is 22.9 Å². The molecule has 0 bridgehead atoms. The van der Waals surface area contributed by atoms with E-state index in [1.807, 2.05) is 0 Å². The van der Waals surface area contributed by atoms with Crippen molar-refractivity contribution in [2.75, 3.05) is 5.32 Å². The molecule has 0 aliphatic heterocycles. The molecule has 29 heavy (non-hydrogen) atoms. The number of carbonyl (C=O) groups is 1. The van der Waals surface area contributed by atoms with Gasteiger partial charge >= 0.3 is 0 Å². The number of amides is 1. The van der Waals surface area contributed by atoms with Gasteiger partial charge in [-0.3, -0.25) is 4.79 Å². The molecule has 0 atom stereocenters. The van der Waals surface area contributed by atoms with Gasteiger partial charge in [0.05, 0.1) is 5.69 Å². The molecular weight excluding hydrogens is 415 g/mol. The molecule has 0 saturated heterocycles. The summed E-state index contributed by atoms with van der Waals surface area (Å²) in [7, 11) is 0. The standard InChI is InChI=1S/C20H14ClFN4O2S/c21-14-5-1-13(2-6-14)19-25-18(28-26-19)10-9-17(27)24-20-23-16(11-29-20)12-3-7-15(22)8-4-12/h1-8,11H,9-10H2,(H,23,24,27). The molecule has 1 N–H and O–H groups in total. The van der Waals surface area contributed by atoms with Crippen molar-refractivity contribution in [1.82, 2.24) is 15.1 Å². The van der Waals surface area contributed by atoms with E-state index in [0.29, 0.717) is 34.0 Å². The van der Waals surface area contributed by atoms with Crippen molar-refractivity contribution >= 4 is 34.0 Å². The summed E-state index contributed by atoms with van der Waals surface area (Å²) in [6.07, 6.45) is 0.482. The zero-order valence-corrected chi connectivity index (χ0v) is 16.5. The highest BCUT2D eigenvalue weighted by atomic mass is 35.5. The Morgan fingerprint density at radius 1 is 1.07 bits per heavy atom. The highest BCUT2D eigenvalue weighted by molar-refractivity contribution is 7.14. The van der Waals surface area contributed by atoms with Gasteiger partial charge in [0.25, 0.3) is 0 Å². The van der Waals surface area contributed by atoms with E-state index in [-0.39, 0.29) is 18.1 Å². The first-order valence-corrected chi connectivity index (χ1v) is 9.92. The third-order valence-electron chi connectivity index (χ3n) is 4.03. The number of nitrogens with one attached hydrogen (secondary N) is 1. The van der Waals surface area contributed by atoms with E-state index >= 15 is 0 Å². The summed E-state index contributed by atoms with van der Waals surface area (Å²) in [5.41, 5.74) is 2.24. The lowest BCUT2D eigenvalue weighted by Crippen LogP contribution is -2.12. The normalized spacial score (nSPS) is 10.8. The van der Waals surface area contributed by atoms with Crippen LogP contribution < -0.4 is 5.32 Å². The Bertz CT molecular complexity index is 1130. The lowest BCUT2D eigenvalue weighted by Gasteiger charge is -1.99. The molecule has 0 spiro atoms. The Morgan fingerprint density at radius 3 is 2.55 bits per heavy atom. The number of hydrogen-bond acceptors (Lipinski definition) is 6. The van der Waals surface area contributed by atoms with Crippen LogP contribution in [0.1, 0.15) is 12.3 Å². The fourth-order valence-electron chi connectivity index (χ4n) is 2.56. The van der Waals surface area contributed by atoms with Crippen molar-refractivity contribution in [3.8, 4) is 22.6 Å². The maximum Gasteiger partial charge on any atom is 0.227 e. The predicted molar refractivity (Wildman–Crippen MR) is 109 cm³/mol. The van der Waals surface area contributed by atoms with Gasteiger partial charge in [-0.1, -0.05) is 16.8 Å². The van der Waals surface area contributed by atoms with Crippen LogP contribution in [0.4, 0.5) is 9.52 Å². The van der Waals surface area contributed by atoms with Crippen LogP contribution in [0.25, 0.3) is 22.6 Å². The summed E-state index contributed by atoms with van der Waals surface area (Å²) in [4.78, 5) is 20.8. The van der Waals surface area contributed by atoms with Crippen LogP contribution in [0, 0.1) is 5.82 Å². The molecule has 0 unspecified atom stereocenters. The van der Waals surface area contributed by atoms with Gasteiger partial charge in [0.1, 0.15) is 5.82 Å².